The van der Waals surface area contributed by atoms with Gasteiger partial charge in [-0.25, -0.2) is 8.42 Å². The van der Waals surface area contributed by atoms with E-state index in [1.54, 1.807) is 24.4 Å². The average Bonchev–Trinajstić information content (AvgIpc) is 3.02. The smallest absolute Gasteiger partial charge is 0.178 e. The molecule has 1 saturated carbocycles. The van der Waals surface area contributed by atoms with Crippen molar-refractivity contribution in [3.63, 3.8) is 0 Å². The molecule has 0 aromatic heterocycles. The SMILES string of the molecule is O=S(=O)(CC1CC1)C1(CBr)C=CC=CN1. The molecule has 2 aliphatic rings. The van der Waals surface area contributed by atoms with Gasteiger partial charge in [0.05, 0.1) is 5.75 Å². The van der Waals surface area contributed by atoms with Gasteiger partial charge in [-0.05, 0) is 37.1 Å². The van der Waals surface area contributed by atoms with Crippen LogP contribution in [0.2, 0.25) is 0 Å². The summed E-state index contributed by atoms with van der Waals surface area (Å²) >= 11 is 3.29. The van der Waals surface area contributed by atoms with Crippen LogP contribution >= 0.6 is 15.9 Å². The number of allylic oxidation sites excluding steroid dienone is 2. The Morgan fingerprint density at radius 3 is 2.60 bits per heavy atom. The van der Waals surface area contributed by atoms with E-state index < -0.39 is 14.7 Å². The molecule has 0 spiro atoms. The predicted molar refractivity (Wildman–Crippen MR) is 64.5 cm³/mol. The van der Waals surface area contributed by atoms with Crippen molar-refractivity contribution >= 4 is 25.8 Å². The molecule has 1 aliphatic heterocycles. The van der Waals surface area contributed by atoms with Crippen molar-refractivity contribution in [2.45, 2.75) is 17.7 Å². The summed E-state index contributed by atoms with van der Waals surface area (Å²) in [6, 6.07) is 0. The van der Waals surface area contributed by atoms with Crippen molar-refractivity contribution < 1.29 is 8.42 Å². The number of dihydropyridines is 1. The second-order valence-electron chi connectivity index (χ2n) is 4.11. The van der Waals surface area contributed by atoms with Crippen molar-refractivity contribution in [1.82, 2.24) is 5.32 Å². The summed E-state index contributed by atoms with van der Waals surface area (Å²) in [7, 11) is -3.13. The van der Waals surface area contributed by atoms with Crippen LogP contribution < -0.4 is 5.32 Å². The van der Waals surface area contributed by atoms with Crippen LogP contribution in [-0.2, 0) is 9.84 Å². The Hall–Kier alpha value is -0.290. The molecule has 15 heavy (non-hydrogen) atoms. The lowest BCUT2D eigenvalue weighted by atomic mass is 10.2. The summed E-state index contributed by atoms with van der Waals surface area (Å²) in [5, 5.41) is 3.34. The molecule has 1 heterocycles. The summed E-state index contributed by atoms with van der Waals surface area (Å²) in [6.07, 6.45) is 9.09. The van der Waals surface area contributed by atoms with E-state index in [9.17, 15) is 8.42 Å². The molecule has 1 unspecified atom stereocenters. The standard InChI is InChI=1S/C10H14BrNO2S/c11-8-10(5-1-2-6-12-10)15(13,14)7-9-3-4-9/h1-2,5-6,9,12H,3-4,7-8H2. The Labute approximate surface area is 98.7 Å². The Kier molecular flexibility index (Phi) is 2.94. The Balaban J connectivity index is 2.24. The molecule has 1 aliphatic carbocycles. The largest absolute Gasteiger partial charge is 0.369 e. The first-order valence-corrected chi connectivity index (χ1v) is 7.77. The maximum atomic E-state index is 12.2. The fourth-order valence-electron chi connectivity index (χ4n) is 1.61. The maximum Gasteiger partial charge on any atom is 0.178 e. The third-order valence-electron chi connectivity index (χ3n) is 2.81. The van der Waals surface area contributed by atoms with Crippen LogP contribution in [0.4, 0.5) is 0 Å². The Morgan fingerprint density at radius 1 is 1.40 bits per heavy atom. The highest BCUT2D eigenvalue weighted by atomic mass is 79.9. The number of halogens is 1. The molecule has 1 fully saturated rings. The highest BCUT2D eigenvalue weighted by Gasteiger charge is 2.43. The fraction of sp³-hybridized carbons (Fsp3) is 0.600. The van der Waals surface area contributed by atoms with Gasteiger partial charge < -0.3 is 5.32 Å². The normalized spacial score (nSPS) is 30.2. The zero-order chi connectivity index (χ0) is 10.9. The first kappa shape index (κ1) is 11.2. The van der Waals surface area contributed by atoms with Crippen LogP contribution in [0, 0.1) is 5.92 Å². The van der Waals surface area contributed by atoms with E-state index in [1.165, 1.54) is 0 Å². The van der Waals surface area contributed by atoms with Gasteiger partial charge >= 0.3 is 0 Å². The Morgan fingerprint density at radius 2 is 2.13 bits per heavy atom. The van der Waals surface area contributed by atoms with Crippen LogP contribution in [0.25, 0.3) is 0 Å². The van der Waals surface area contributed by atoms with E-state index >= 15 is 0 Å². The van der Waals surface area contributed by atoms with Gasteiger partial charge in [0, 0.05) is 5.33 Å². The van der Waals surface area contributed by atoms with E-state index in [2.05, 4.69) is 21.2 Å². The van der Waals surface area contributed by atoms with Crippen molar-refractivity contribution in [3.05, 3.63) is 24.4 Å². The monoisotopic (exact) mass is 291 g/mol. The van der Waals surface area contributed by atoms with Crippen LogP contribution in [-0.4, -0.2) is 24.4 Å². The number of rotatable bonds is 4. The highest BCUT2D eigenvalue weighted by molar-refractivity contribution is 9.09. The van der Waals surface area contributed by atoms with Gasteiger partial charge in [-0.15, -0.1) is 0 Å². The molecule has 5 heteroatoms. The zero-order valence-electron chi connectivity index (χ0n) is 8.32. The summed E-state index contributed by atoms with van der Waals surface area (Å²) < 4.78 is 24.4. The lowest BCUT2D eigenvalue weighted by molar-refractivity contribution is 0.545. The second-order valence-corrected chi connectivity index (χ2v) is 6.96. The minimum absolute atomic E-state index is 0.295. The lowest BCUT2D eigenvalue weighted by Crippen LogP contribution is -2.51. The number of nitrogens with one attached hydrogen (secondary N) is 1. The molecule has 1 atom stereocenters. The van der Waals surface area contributed by atoms with E-state index in [0.717, 1.165) is 12.8 Å². The average molecular weight is 292 g/mol. The molecule has 0 aromatic carbocycles. The zero-order valence-corrected chi connectivity index (χ0v) is 10.7. The van der Waals surface area contributed by atoms with Crippen LogP contribution in [0.15, 0.2) is 24.4 Å². The third-order valence-corrected chi connectivity index (χ3v) is 6.48. The lowest BCUT2D eigenvalue weighted by Gasteiger charge is -2.30. The van der Waals surface area contributed by atoms with Crippen molar-refractivity contribution in [2.24, 2.45) is 5.92 Å². The molecule has 0 bridgehead atoms. The molecule has 0 saturated heterocycles. The molecule has 2 rings (SSSR count). The van der Waals surface area contributed by atoms with Crippen molar-refractivity contribution in [1.29, 1.82) is 0 Å². The van der Waals surface area contributed by atoms with Gasteiger partial charge in [0.25, 0.3) is 0 Å². The van der Waals surface area contributed by atoms with Gasteiger partial charge in [-0.1, -0.05) is 22.0 Å². The minimum atomic E-state index is -3.13. The van der Waals surface area contributed by atoms with E-state index in [4.69, 9.17) is 0 Å². The molecule has 3 nitrogen and oxygen atoms in total. The highest BCUT2D eigenvalue weighted by Crippen LogP contribution is 2.34. The van der Waals surface area contributed by atoms with Gasteiger partial charge in [0.1, 0.15) is 0 Å². The molecule has 0 aromatic rings. The third kappa shape index (κ3) is 2.13. The molecule has 0 radical (unpaired) electrons. The maximum absolute atomic E-state index is 12.2. The summed E-state index contributed by atoms with van der Waals surface area (Å²) in [6.45, 7) is 0. The summed E-state index contributed by atoms with van der Waals surface area (Å²) in [5.41, 5.74) is 0. The van der Waals surface area contributed by atoms with Gasteiger partial charge in [-0.3, -0.25) is 0 Å². The first-order valence-electron chi connectivity index (χ1n) is 5.00. The number of hydrogen-bond donors (Lipinski definition) is 1. The molecular formula is C10H14BrNO2S. The molecular weight excluding hydrogens is 278 g/mol. The van der Waals surface area contributed by atoms with E-state index in [-0.39, 0.29) is 0 Å². The molecule has 1 N–H and O–H groups in total. The second kappa shape index (κ2) is 3.94. The number of sulfone groups is 1. The summed E-state index contributed by atoms with van der Waals surface area (Å²) in [4.78, 5) is -0.940. The van der Waals surface area contributed by atoms with E-state index in [1.807, 2.05) is 0 Å². The number of alkyl halides is 1. The quantitative estimate of drug-likeness (QED) is 0.800. The minimum Gasteiger partial charge on any atom is -0.369 e. The predicted octanol–water partition coefficient (Wildman–Crippen LogP) is 1.58. The first-order chi connectivity index (χ1) is 7.10. The molecule has 84 valence electrons. The van der Waals surface area contributed by atoms with Crippen molar-refractivity contribution in [3.8, 4) is 0 Å². The van der Waals surface area contributed by atoms with Crippen LogP contribution in [0.5, 0.6) is 0 Å². The van der Waals surface area contributed by atoms with Gasteiger partial charge in [0.2, 0.25) is 0 Å². The van der Waals surface area contributed by atoms with Crippen molar-refractivity contribution in [2.75, 3.05) is 11.1 Å². The van der Waals surface area contributed by atoms with Crippen LogP contribution in [0.1, 0.15) is 12.8 Å². The van der Waals surface area contributed by atoms with E-state index in [0.29, 0.717) is 17.0 Å². The Bertz CT molecular complexity index is 398. The van der Waals surface area contributed by atoms with Crippen LogP contribution in [0.3, 0.4) is 0 Å². The van der Waals surface area contributed by atoms with Gasteiger partial charge in [0.15, 0.2) is 14.7 Å². The fourth-order valence-corrected chi connectivity index (χ4v) is 4.95. The molecule has 0 amide bonds. The van der Waals surface area contributed by atoms with Gasteiger partial charge in [-0.2, -0.15) is 0 Å². The topological polar surface area (TPSA) is 46.2 Å². The summed E-state index contributed by atoms with van der Waals surface area (Å²) in [5.74, 6) is 0.677. The number of hydrogen-bond acceptors (Lipinski definition) is 3.